The van der Waals surface area contributed by atoms with Crippen LogP contribution >= 0.6 is 0 Å². The van der Waals surface area contributed by atoms with Crippen LogP contribution in [-0.4, -0.2) is 28.6 Å². The zero-order valence-electron chi connectivity index (χ0n) is 7.07. The number of hydrogen-bond donors (Lipinski definition) is 2. The lowest BCUT2D eigenvalue weighted by Crippen LogP contribution is -2.16. The molecule has 0 heterocycles. The van der Waals surface area contributed by atoms with Crippen LogP contribution in [0.15, 0.2) is 10.3 Å². The molecule has 0 fully saturated rings. The fraction of sp³-hybridized carbons (Fsp3) is 0.667. The standard InChI is InChI=1S/C6H13BN2O2/c1-5(8-10)6(9-11)4-7(2)3/h10-11H,4H2,1-3H3/b8-5+,9-6-. The molecule has 0 aromatic carbocycles. The second-order valence-corrected chi connectivity index (χ2v) is 2.83. The summed E-state index contributed by atoms with van der Waals surface area (Å²) in [7, 11) is 0. The van der Waals surface area contributed by atoms with E-state index in [1.54, 1.807) is 6.92 Å². The third-order valence-corrected chi connectivity index (χ3v) is 1.29. The Labute approximate surface area is 66.7 Å². The molecular weight excluding hydrogens is 143 g/mol. The van der Waals surface area contributed by atoms with Gasteiger partial charge < -0.3 is 10.4 Å². The Morgan fingerprint density at radius 3 is 2.09 bits per heavy atom. The van der Waals surface area contributed by atoms with Crippen LogP contribution in [0.2, 0.25) is 20.0 Å². The van der Waals surface area contributed by atoms with Crippen LogP contribution < -0.4 is 0 Å². The SMILES string of the molecule is CB(C)CC(=N/O)/C(C)=N/O. The molecule has 0 aliphatic carbocycles. The summed E-state index contributed by atoms with van der Waals surface area (Å²) in [6.07, 6.45) is 0.617. The van der Waals surface area contributed by atoms with Crippen molar-refractivity contribution >= 4 is 18.1 Å². The molecule has 0 aromatic rings. The highest BCUT2D eigenvalue weighted by molar-refractivity contribution is 6.65. The second-order valence-electron chi connectivity index (χ2n) is 2.83. The van der Waals surface area contributed by atoms with Crippen LogP contribution in [-0.2, 0) is 0 Å². The first-order valence-electron chi connectivity index (χ1n) is 3.51. The third kappa shape index (κ3) is 3.65. The van der Waals surface area contributed by atoms with Gasteiger partial charge in [-0.2, -0.15) is 0 Å². The van der Waals surface area contributed by atoms with Crippen molar-refractivity contribution in [3.05, 3.63) is 0 Å². The summed E-state index contributed by atoms with van der Waals surface area (Å²) < 4.78 is 0. The molecule has 0 bridgehead atoms. The molecule has 4 nitrogen and oxygen atoms in total. The summed E-state index contributed by atoms with van der Waals surface area (Å²) in [4.78, 5) is 0. The predicted molar refractivity (Wildman–Crippen MR) is 46.4 cm³/mol. The molecular formula is C6H13BN2O2. The first kappa shape index (κ1) is 10.0. The van der Waals surface area contributed by atoms with E-state index >= 15 is 0 Å². The monoisotopic (exact) mass is 156 g/mol. The molecule has 0 radical (unpaired) electrons. The summed E-state index contributed by atoms with van der Waals surface area (Å²) in [5, 5.41) is 22.8. The van der Waals surface area contributed by atoms with Gasteiger partial charge in [-0.1, -0.05) is 24.0 Å². The van der Waals surface area contributed by atoms with Crippen LogP contribution in [0.25, 0.3) is 0 Å². The van der Waals surface area contributed by atoms with E-state index in [-0.39, 0.29) is 0 Å². The van der Waals surface area contributed by atoms with Crippen molar-refractivity contribution in [3.8, 4) is 0 Å². The normalized spacial score (nSPS) is 13.4. The molecule has 0 amide bonds. The molecule has 5 heteroatoms. The van der Waals surface area contributed by atoms with E-state index in [0.717, 1.165) is 0 Å². The van der Waals surface area contributed by atoms with E-state index in [9.17, 15) is 0 Å². The maximum absolute atomic E-state index is 8.47. The number of oxime groups is 2. The third-order valence-electron chi connectivity index (χ3n) is 1.29. The van der Waals surface area contributed by atoms with Gasteiger partial charge in [-0.3, -0.25) is 0 Å². The van der Waals surface area contributed by atoms with Crippen LogP contribution in [0.1, 0.15) is 6.92 Å². The van der Waals surface area contributed by atoms with Crippen LogP contribution in [0.5, 0.6) is 0 Å². The Hall–Kier alpha value is -0.995. The van der Waals surface area contributed by atoms with E-state index in [0.29, 0.717) is 24.5 Å². The van der Waals surface area contributed by atoms with Gasteiger partial charge in [0.15, 0.2) is 0 Å². The minimum atomic E-state index is 0.362. The highest BCUT2D eigenvalue weighted by Gasteiger charge is 2.09. The minimum absolute atomic E-state index is 0.362. The summed E-state index contributed by atoms with van der Waals surface area (Å²) in [6, 6.07) is 0. The zero-order valence-corrected chi connectivity index (χ0v) is 7.07. The number of nitrogens with zero attached hydrogens (tertiary/aromatic N) is 2. The summed E-state index contributed by atoms with van der Waals surface area (Å²) in [6.45, 7) is 5.97. The molecule has 0 aromatic heterocycles. The fourth-order valence-corrected chi connectivity index (χ4v) is 0.705. The lowest BCUT2D eigenvalue weighted by Gasteiger charge is -2.01. The number of rotatable bonds is 3. The van der Waals surface area contributed by atoms with Gasteiger partial charge in [0.1, 0.15) is 12.4 Å². The van der Waals surface area contributed by atoms with Gasteiger partial charge in [-0.05, 0) is 13.2 Å². The van der Waals surface area contributed by atoms with E-state index in [2.05, 4.69) is 10.3 Å². The van der Waals surface area contributed by atoms with E-state index in [1.165, 1.54) is 0 Å². The van der Waals surface area contributed by atoms with Crippen molar-refractivity contribution in [1.29, 1.82) is 0 Å². The molecule has 62 valence electrons. The molecule has 0 atom stereocenters. The smallest absolute Gasteiger partial charge is 0.140 e. The van der Waals surface area contributed by atoms with E-state index < -0.39 is 0 Å². The molecule has 0 rings (SSSR count). The Balaban J connectivity index is 4.21. The van der Waals surface area contributed by atoms with Gasteiger partial charge in [-0.25, -0.2) is 0 Å². The van der Waals surface area contributed by atoms with Crippen LogP contribution in [0.4, 0.5) is 0 Å². The average molecular weight is 156 g/mol. The second kappa shape index (κ2) is 4.76. The maximum atomic E-state index is 8.47. The van der Waals surface area contributed by atoms with Gasteiger partial charge in [0.2, 0.25) is 0 Å². The molecule has 0 unspecified atom stereocenters. The minimum Gasteiger partial charge on any atom is -0.411 e. The predicted octanol–water partition coefficient (Wildman–Crippen LogP) is 1.42. The Morgan fingerprint density at radius 1 is 1.27 bits per heavy atom. The fourth-order valence-electron chi connectivity index (χ4n) is 0.705. The summed E-state index contributed by atoms with van der Waals surface area (Å²) in [5.41, 5.74) is 0.795. The Morgan fingerprint density at radius 2 is 1.82 bits per heavy atom. The first-order valence-corrected chi connectivity index (χ1v) is 3.51. The van der Waals surface area contributed by atoms with Crippen molar-refractivity contribution in [2.24, 2.45) is 10.3 Å². The molecule has 0 saturated carbocycles. The van der Waals surface area contributed by atoms with Crippen molar-refractivity contribution in [2.45, 2.75) is 26.9 Å². The molecule has 0 aliphatic heterocycles. The molecule has 11 heavy (non-hydrogen) atoms. The highest BCUT2D eigenvalue weighted by Crippen LogP contribution is 1.97. The Bertz CT molecular complexity index is 177. The van der Waals surface area contributed by atoms with Crippen molar-refractivity contribution < 1.29 is 10.4 Å². The molecule has 0 spiro atoms. The average Bonchev–Trinajstić information content (AvgIpc) is 1.98. The maximum Gasteiger partial charge on any atom is 0.140 e. The molecule has 0 aliphatic rings. The first-order chi connectivity index (χ1) is 5.11. The van der Waals surface area contributed by atoms with Gasteiger partial charge in [-0.15, -0.1) is 0 Å². The van der Waals surface area contributed by atoms with Gasteiger partial charge in [0.05, 0.1) is 5.71 Å². The topological polar surface area (TPSA) is 65.2 Å². The van der Waals surface area contributed by atoms with Gasteiger partial charge in [0, 0.05) is 0 Å². The Kier molecular flexibility index (Phi) is 4.33. The molecule has 2 N–H and O–H groups in total. The summed E-state index contributed by atoms with van der Waals surface area (Å²) >= 11 is 0. The zero-order chi connectivity index (χ0) is 8.85. The lowest BCUT2D eigenvalue weighted by molar-refractivity contribution is 0.313. The van der Waals surface area contributed by atoms with Gasteiger partial charge in [0.25, 0.3) is 0 Å². The molecule has 0 saturated heterocycles. The lowest BCUT2D eigenvalue weighted by atomic mass is 9.51. The summed E-state index contributed by atoms with van der Waals surface area (Å²) in [5.74, 6) is 0. The quantitative estimate of drug-likeness (QED) is 0.281. The largest absolute Gasteiger partial charge is 0.411 e. The van der Waals surface area contributed by atoms with E-state index in [4.69, 9.17) is 10.4 Å². The van der Waals surface area contributed by atoms with Crippen LogP contribution in [0, 0.1) is 0 Å². The highest BCUT2D eigenvalue weighted by atomic mass is 16.4. The van der Waals surface area contributed by atoms with Gasteiger partial charge >= 0.3 is 0 Å². The van der Waals surface area contributed by atoms with E-state index in [1.807, 2.05) is 13.6 Å². The van der Waals surface area contributed by atoms with Crippen LogP contribution in [0.3, 0.4) is 0 Å². The van der Waals surface area contributed by atoms with Crippen molar-refractivity contribution in [1.82, 2.24) is 0 Å². The van der Waals surface area contributed by atoms with Crippen molar-refractivity contribution in [2.75, 3.05) is 0 Å². The van der Waals surface area contributed by atoms with Crippen molar-refractivity contribution in [3.63, 3.8) is 0 Å². The number of hydrogen-bond acceptors (Lipinski definition) is 4.